The van der Waals surface area contributed by atoms with Gasteiger partial charge in [-0.15, -0.1) is 0 Å². The fourth-order valence-electron chi connectivity index (χ4n) is 2.77. The van der Waals surface area contributed by atoms with Crippen molar-refractivity contribution in [2.75, 3.05) is 21.3 Å². The molecule has 0 aliphatic rings. The normalized spacial score (nSPS) is 12.1. The maximum atomic E-state index is 12.5. The second kappa shape index (κ2) is 10.3. The van der Waals surface area contributed by atoms with Crippen LogP contribution in [0.15, 0.2) is 51.9 Å². The van der Waals surface area contributed by atoms with Gasteiger partial charge in [0.25, 0.3) is 5.89 Å². The lowest BCUT2D eigenvalue weighted by Gasteiger charge is -2.13. The topological polar surface area (TPSA) is 139 Å². The largest absolute Gasteiger partial charge is 0.497 e. The minimum Gasteiger partial charge on any atom is -0.497 e. The van der Waals surface area contributed by atoms with E-state index >= 15 is 0 Å². The zero-order valence-corrected chi connectivity index (χ0v) is 19.2. The SMILES string of the molecule is COc1ccc(S(=O)(=O)NC(C)C(=O)OCc2nc(-c3ccc(OC)cc3OC)no2)cc1. The summed E-state index contributed by atoms with van der Waals surface area (Å²) in [6, 6.07) is 9.67. The Hall–Kier alpha value is -3.64. The van der Waals surface area contributed by atoms with Gasteiger partial charge in [-0.2, -0.15) is 9.71 Å². The van der Waals surface area contributed by atoms with E-state index in [0.29, 0.717) is 22.8 Å². The summed E-state index contributed by atoms with van der Waals surface area (Å²) in [5.41, 5.74) is 0.556. The fraction of sp³-hybridized carbons (Fsp3) is 0.286. The summed E-state index contributed by atoms with van der Waals surface area (Å²) < 4.78 is 52.9. The highest BCUT2D eigenvalue weighted by Crippen LogP contribution is 2.31. The number of hydrogen-bond acceptors (Lipinski definition) is 10. The van der Waals surface area contributed by atoms with E-state index in [2.05, 4.69) is 14.9 Å². The van der Waals surface area contributed by atoms with Gasteiger partial charge in [-0.1, -0.05) is 5.16 Å². The van der Waals surface area contributed by atoms with Crippen LogP contribution in [0.5, 0.6) is 17.2 Å². The van der Waals surface area contributed by atoms with E-state index in [-0.39, 0.29) is 23.2 Å². The van der Waals surface area contributed by atoms with Crippen molar-refractivity contribution in [2.45, 2.75) is 24.5 Å². The van der Waals surface area contributed by atoms with Crippen molar-refractivity contribution in [3.8, 4) is 28.6 Å². The van der Waals surface area contributed by atoms with Gasteiger partial charge in [0.15, 0.2) is 6.61 Å². The van der Waals surface area contributed by atoms with Gasteiger partial charge in [-0.3, -0.25) is 4.79 Å². The molecule has 0 bridgehead atoms. The molecule has 1 atom stereocenters. The standard InChI is InChI=1S/C21H23N3O8S/c1-13(24-33(26,27)16-8-5-14(28-2)6-9-16)21(25)31-12-19-22-20(23-32-19)17-10-7-15(29-3)11-18(17)30-4/h5-11,13,24H,12H2,1-4H3. The van der Waals surface area contributed by atoms with Gasteiger partial charge in [0.05, 0.1) is 31.8 Å². The maximum absolute atomic E-state index is 12.5. The number of carbonyl (C=O) groups is 1. The number of nitrogens with zero attached hydrogens (tertiary/aromatic N) is 2. The molecule has 1 aromatic heterocycles. The number of esters is 1. The van der Waals surface area contributed by atoms with Crippen LogP contribution in [0.25, 0.3) is 11.4 Å². The Morgan fingerprint density at radius 1 is 1.03 bits per heavy atom. The summed E-state index contributed by atoms with van der Waals surface area (Å²) in [7, 11) is 0.563. The first-order chi connectivity index (χ1) is 15.8. The zero-order chi connectivity index (χ0) is 24.0. The van der Waals surface area contributed by atoms with E-state index in [1.54, 1.807) is 18.2 Å². The summed E-state index contributed by atoms with van der Waals surface area (Å²) in [6.45, 7) is 1.03. The lowest BCUT2D eigenvalue weighted by molar-refractivity contribution is -0.147. The van der Waals surface area contributed by atoms with E-state index in [1.807, 2.05) is 0 Å². The molecule has 0 saturated heterocycles. The number of sulfonamides is 1. The number of carbonyl (C=O) groups excluding carboxylic acids is 1. The van der Waals surface area contributed by atoms with Gasteiger partial charge in [0.1, 0.15) is 23.3 Å². The molecule has 3 aromatic rings. The highest BCUT2D eigenvalue weighted by atomic mass is 32.2. The molecule has 12 heteroatoms. The van der Waals surface area contributed by atoms with Crippen molar-refractivity contribution >= 4 is 16.0 Å². The molecule has 33 heavy (non-hydrogen) atoms. The zero-order valence-electron chi connectivity index (χ0n) is 18.4. The highest BCUT2D eigenvalue weighted by Gasteiger charge is 2.24. The molecule has 0 aliphatic heterocycles. The number of benzene rings is 2. The Morgan fingerprint density at radius 3 is 2.33 bits per heavy atom. The Balaban J connectivity index is 1.61. The lowest BCUT2D eigenvalue weighted by atomic mass is 10.2. The van der Waals surface area contributed by atoms with Crippen LogP contribution in [-0.4, -0.2) is 51.9 Å². The number of methoxy groups -OCH3 is 3. The molecule has 0 amide bonds. The van der Waals surface area contributed by atoms with Crippen molar-refractivity contribution in [2.24, 2.45) is 0 Å². The summed E-state index contributed by atoms with van der Waals surface area (Å²) in [5.74, 6) is 1.02. The average molecular weight is 477 g/mol. The molecular formula is C21H23N3O8S. The van der Waals surface area contributed by atoms with Crippen molar-refractivity contribution in [3.63, 3.8) is 0 Å². The number of rotatable bonds is 10. The second-order valence-electron chi connectivity index (χ2n) is 6.70. The summed E-state index contributed by atoms with van der Waals surface area (Å²) >= 11 is 0. The van der Waals surface area contributed by atoms with Crippen LogP contribution >= 0.6 is 0 Å². The molecule has 0 spiro atoms. The van der Waals surface area contributed by atoms with E-state index in [4.69, 9.17) is 23.5 Å². The maximum Gasteiger partial charge on any atom is 0.324 e. The number of ether oxygens (including phenoxy) is 4. The molecule has 3 rings (SSSR count). The van der Waals surface area contributed by atoms with Gasteiger partial charge < -0.3 is 23.5 Å². The molecule has 2 aromatic carbocycles. The van der Waals surface area contributed by atoms with Gasteiger partial charge >= 0.3 is 5.97 Å². The van der Waals surface area contributed by atoms with Gasteiger partial charge in [0, 0.05) is 6.07 Å². The van der Waals surface area contributed by atoms with Gasteiger partial charge in [-0.25, -0.2) is 8.42 Å². The van der Waals surface area contributed by atoms with E-state index in [0.717, 1.165) is 0 Å². The van der Waals surface area contributed by atoms with E-state index in [1.165, 1.54) is 52.5 Å². The van der Waals surface area contributed by atoms with E-state index < -0.39 is 22.0 Å². The molecule has 0 radical (unpaired) electrons. The molecule has 0 saturated carbocycles. The summed E-state index contributed by atoms with van der Waals surface area (Å²) in [4.78, 5) is 16.5. The Kier molecular flexibility index (Phi) is 7.51. The van der Waals surface area contributed by atoms with Gasteiger partial charge in [0.2, 0.25) is 15.8 Å². The molecule has 1 unspecified atom stereocenters. The second-order valence-corrected chi connectivity index (χ2v) is 8.42. The smallest absolute Gasteiger partial charge is 0.324 e. The minimum atomic E-state index is -3.94. The third kappa shape index (κ3) is 5.79. The first-order valence-corrected chi connectivity index (χ1v) is 11.1. The number of nitrogens with one attached hydrogen (secondary N) is 1. The molecular weight excluding hydrogens is 454 g/mol. The Labute approximate surface area is 190 Å². The monoisotopic (exact) mass is 477 g/mol. The van der Waals surface area contributed by atoms with Crippen LogP contribution in [-0.2, 0) is 26.2 Å². The lowest BCUT2D eigenvalue weighted by Crippen LogP contribution is -2.39. The predicted octanol–water partition coefficient (Wildman–Crippen LogP) is 2.17. The van der Waals surface area contributed by atoms with Crippen molar-refractivity contribution in [1.82, 2.24) is 14.9 Å². The third-order valence-corrected chi connectivity index (χ3v) is 6.07. The van der Waals surface area contributed by atoms with Crippen LogP contribution in [0.1, 0.15) is 12.8 Å². The first-order valence-electron chi connectivity index (χ1n) is 9.65. The van der Waals surface area contributed by atoms with Crippen molar-refractivity contribution < 1.29 is 36.7 Å². The van der Waals surface area contributed by atoms with Crippen LogP contribution in [0.2, 0.25) is 0 Å². The molecule has 11 nitrogen and oxygen atoms in total. The Morgan fingerprint density at radius 2 is 1.70 bits per heavy atom. The summed E-state index contributed by atoms with van der Waals surface area (Å²) in [6.07, 6.45) is 0. The van der Waals surface area contributed by atoms with Crippen LogP contribution in [0.4, 0.5) is 0 Å². The predicted molar refractivity (Wildman–Crippen MR) is 115 cm³/mol. The van der Waals surface area contributed by atoms with E-state index in [9.17, 15) is 13.2 Å². The molecule has 1 heterocycles. The number of aromatic nitrogens is 2. The van der Waals surface area contributed by atoms with Crippen LogP contribution in [0, 0.1) is 0 Å². The number of hydrogen-bond donors (Lipinski definition) is 1. The Bertz CT molecular complexity index is 1210. The fourth-order valence-corrected chi connectivity index (χ4v) is 3.96. The minimum absolute atomic E-state index is 0.0158. The third-order valence-electron chi connectivity index (χ3n) is 4.51. The van der Waals surface area contributed by atoms with Crippen LogP contribution < -0.4 is 18.9 Å². The first kappa shape index (κ1) is 24.0. The average Bonchev–Trinajstić information content (AvgIpc) is 3.30. The molecule has 1 N–H and O–H groups in total. The highest BCUT2D eigenvalue weighted by molar-refractivity contribution is 7.89. The van der Waals surface area contributed by atoms with Gasteiger partial charge in [-0.05, 0) is 43.3 Å². The summed E-state index contributed by atoms with van der Waals surface area (Å²) in [5, 5.41) is 3.87. The van der Waals surface area contributed by atoms with Crippen molar-refractivity contribution in [1.29, 1.82) is 0 Å². The quantitative estimate of drug-likeness (QED) is 0.432. The van der Waals surface area contributed by atoms with Crippen molar-refractivity contribution in [3.05, 3.63) is 48.4 Å². The molecule has 176 valence electrons. The van der Waals surface area contributed by atoms with Crippen LogP contribution in [0.3, 0.4) is 0 Å². The molecule has 0 aliphatic carbocycles. The molecule has 0 fully saturated rings.